The van der Waals surface area contributed by atoms with Gasteiger partial charge in [-0.15, -0.1) is 12.4 Å². The van der Waals surface area contributed by atoms with E-state index in [0.717, 1.165) is 19.4 Å². The molecule has 3 nitrogen and oxygen atoms in total. The quantitative estimate of drug-likeness (QED) is 0.606. The zero-order chi connectivity index (χ0) is 7.56. The van der Waals surface area contributed by atoms with Crippen LogP contribution in [0.1, 0.15) is 19.8 Å². The molecule has 3 N–H and O–H groups in total. The van der Waals surface area contributed by atoms with Gasteiger partial charge in [-0.2, -0.15) is 0 Å². The molecule has 0 unspecified atom stereocenters. The molecule has 0 saturated carbocycles. The summed E-state index contributed by atoms with van der Waals surface area (Å²) >= 11 is 0. The molecule has 0 spiro atoms. The molecule has 1 heterocycles. The van der Waals surface area contributed by atoms with Crippen LogP contribution in [-0.2, 0) is 4.79 Å². The lowest BCUT2D eigenvalue weighted by Gasteiger charge is -2.25. The number of piperidine rings is 1. The first-order valence-electron chi connectivity index (χ1n) is 3.73. The molecule has 0 bridgehead atoms. The lowest BCUT2D eigenvalue weighted by atomic mass is 9.93. The van der Waals surface area contributed by atoms with Crippen molar-refractivity contribution in [2.75, 3.05) is 6.54 Å². The Bertz CT molecular complexity index is 140. The third-order valence-electron chi connectivity index (χ3n) is 2.03. The first-order chi connectivity index (χ1) is 4.70. The molecule has 1 fully saturated rings. The van der Waals surface area contributed by atoms with Crippen molar-refractivity contribution in [2.24, 2.45) is 11.7 Å². The monoisotopic (exact) mass is 178 g/mol. The van der Waals surface area contributed by atoms with Gasteiger partial charge >= 0.3 is 0 Å². The van der Waals surface area contributed by atoms with Gasteiger partial charge in [-0.25, -0.2) is 0 Å². The molecule has 0 aromatic rings. The van der Waals surface area contributed by atoms with Crippen molar-refractivity contribution in [1.82, 2.24) is 5.32 Å². The highest BCUT2D eigenvalue weighted by Gasteiger charge is 2.21. The van der Waals surface area contributed by atoms with Gasteiger partial charge in [0.2, 0.25) is 5.91 Å². The number of hydrogen-bond donors (Lipinski definition) is 2. The fourth-order valence-corrected chi connectivity index (χ4v) is 1.39. The number of hydrogen-bond acceptors (Lipinski definition) is 2. The van der Waals surface area contributed by atoms with Gasteiger partial charge in [0.15, 0.2) is 0 Å². The highest BCUT2D eigenvalue weighted by molar-refractivity contribution is 5.85. The van der Waals surface area contributed by atoms with Crippen LogP contribution in [0.2, 0.25) is 0 Å². The predicted molar refractivity (Wildman–Crippen MR) is 46.6 cm³/mol. The molecule has 0 radical (unpaired) electrons. The molecule has 4 heteroatoms. The van der Waals surface area contributed by atoms with Gasteiger partial charge in [0.1, 0.15) is 0 Å². The number of primary amides is 1. The standard InChI is InChI=1S/C7H14N2O.ClH/c1-5-4-6(7(8)10)2-3-9-5;/h5-6,9H,2-4H2,1H3,(H2,8,10);1H/t5-,6-;/m1./s1. The van der Waals surface area contributed by atoms with Crippen LogP contribution in [0.25, 0.3) is 0 Å². The van der Waals surface area contributed by atoms with Gasteiger partial charge < -0.3 is 11.1 Å². The molecular formula is C7H15ClN2O. The second-order valence-electron chi connectivity index (χ2n) is 2.98. The summed E-state index contributed by atoms with van der Waals surface area (Å²) in [4.78, 5) is 10.7. The van der Waals surface area contributed by atoms with E-state index >= 15 is 0 Å². The molecule has 1 rings (SSSR count). The normalized spacial score (nSPS) is 30.6. The van der Waals surface area contributed by atoms with Crippen LogP contribution in [0.15, 0.2) is 0 Å². The predicted octanol–water partition coefficient (Wildman–Crippen LogP) is 0.282. The molecule has 66 valence electrons. The number of nitrogens with two attached hydrogens (primary N) is 1. The number of nitrogens with one attached hydrogen (secondary N) is 1. The van der Waals surface area contributed by atoms with Crippen molar-refractivity contribution in [2.45, 2.75) is 25.8 Å². The maximum Gasteiger partial charge on any atom is 0.220 e. The minimum absolute atomic E-state index is 0. The van der Waals surface area contributed by atoms with E-state index in [1.165, 1.54) is 0 Å². The van der Waals surface area contributed by atoms with Crippen LogP contribution in [-0.4, -0.2) is 18.5 Å². The zero-order valence-electron chi connectivity index (χ0n) is 6.67. The maximum absolute atomic E-state index is 10.7. The summed E-state index contributed by atoms with van der Waals surface area (Å²) in [5.74, 6) is -0.0374. The number of carbonyl (C=O) groups excluding carboxylic acids is 1. The number of halogens is 1. The lowest BCUT2D eigenvalue weighted by Crippen LogP contribution is -2.40. The highest BCUT2D eigenvalue weighted by Crippen LogP contribution is 2.14. The molecule has 1 aliphatic heterocycles. The van der Waals surface area contributed by atoms with Gasteiger partial charge in [0.25, 0.3) is 0 Å². The zero-order valence-corrected chi connectivity index (χ0v) is 7.49. The van der Waals surface area contributed by atoms with Crippen molar-refractivity contribution in [1.29, 1.82) is 0 Å². The van der Waals surface area contributed by atoms with Gasteiger partial charge in [-0.3, -0.25) is 4.79 Å². The minimum atomic E-state index is -0.145. The van der Waals surface area contributed by atoms with Gasteiger partial charge in [-0.05, 0) is 26.3 Å². The molecule has 2 atom stereocenters. The molecule has 0 aliphatic carbocycles. The third kappa shape index (κ3) is 3.08. The molecule has 1 aliphatic rings. The van der Waals surface area contributed by atoms with E-state index in [2.05, 4.69) is 12.2 Å². The first-order valence-corrected chi connectivity index (χ1v) is 3.73. The Balaban J connectivity index is 0.000001000. The number of rotatable bonds is 1. The minimum Gasteiger partial charge on any atom is -0.369 e. The summed E-state index contributed by atoms with van der Waals surface area (Å²) in [6.45, 7) is 3.00. The summed E-state index contributed by atoms with van der Waals surface area (Å²) < 4.78 is 0. The first kappa shape index (κ1) is 10.7. The molecule has 0 aromatic heterocycles. The topological polar surface area (TPSA) is 55.1 Å². The SMILES string of the molecule is C[C@@H]1C[C@H](C(N)=O)CCN1.Cl. The Labute approximate surface area is 73.1 Å². The van der Waals surface area contributed by atoms with Crippen LogP contribution < -0.4 is 11.1 Å². The van der Waals surface area contributed by atoms with Gasteiger partial charge in [-0.1, -0.05) is 0 Å². The van der Waals surface area contributed by atoms with Crippen molar-refractivity contribution in [3.05, 3.63) is 0 Å². The van der Waals surface area contributed by atoms with Crippen molar-refractivity contribution >= 4 is 18.3 Å². The Morgan fingerprint density at radius 1 is 1.64 bits per heavy atom. The van der Waals surface area contributed by atoms with Crippen LogP contribution in [0.4, 0.5) is 0 Å². The summed E-state index contributed by atoms with van der Waals surface area (Å²) in [6.07, 6.45) is 1.80. The van der Waals surface area contributed by atoms with Crippen LogP contribution in [0, 0.1) is 5.92 Å². The summed E-state index contributed by atoms with van der Waals surface area (Å²) in [7, 11) is 0. The fourth-order valence-electron chi connectivity index (χ4n) is 1.39. The average Bonchev–Trinajstić information content (AvgIpc) is 1.88. The van der Waals surface area contributed by atoms with Crippen LogP contribution in [0.3, 0.4) is 0 Å². The van der Waals surface area contributed by atoms with Crippen molar-refractivity contribution < 1.29 is 4.79 Å². The fraction of sp³-hybridized carbons (Fsp3) is 0.857. The van der Waals surface area contributed by atoms with E-state index in [1.54, 1.807) is 0 Å². The Hall–Kier alpha value is -0.280. The summed E-state index contributed by atoms with van der Waals surface area (Å²) in [5, 5.41) is 3.26. The van der Waals surface area contributed by atoms with E-state index < -0.39 is 0 Å². The summed E-state index contributed by atoms with van der Waals surface area (Å²) in [5.41, 5.74) is 5.16. The second-order valence-corrected chi connectivity index (χ2v) is 2.98. The number of amides is 1. The average molecular weight is 179 g/mol. The van der Waals surface area contributed by atoms with Crippen molar-refractivity contribution in [3.8, 4) is 0 Å². The molecular weight excluding hydrogens is 164 g/mol. The van der Waals surface area contributed by atoms with Crippen LogP contribution in [0.5, 0.6) is 0 Å². The van der Waals surface area contributed by atoms with E-state index in [-0.39, 0.29) is 24.2 Å². The molecule has 0 aromatic carbocycles. The van der Waals surface area contributed by atoms with E-state index in [0.29, 0.717) is 6.04 Å². The van der Waals surface area contributed by atoms with E-state index in [1.807, 2.05) is 0 Å². The molecule has 11 heavy (non-hydrogen) atoms. The highest BCUT2D eigenvalue weighted by atomic mass is 35.5. The van der Waals surface area contributed by atoms with E-state index in [9.17, 15) is 4.79 Å². The van der Waals surface area contributed by atoms with Gasteiger partial charge in [0.05, 0.1) is 0 Å². The maximum atomic E-state index is 10.7. The Kier molecular flexibility index (Phi) is 4.45. The largest absolute Gasteiger partial charge is 0.369 e. The molecule has 1 amide bonds. The molecule has 1 saturated heterocycles. The summed E-state index contributed by atoms with van der Waals surface area (Å²) in [6, 6.07) is 0.450. The van der Waals surface area contributed by atoms with Crippen molar-refractivity contribution in [3.63, 3.8) is 0 Å². The van der Waals surface area contributed by atoms with E-state index in [4.69, 9.17) is 5.73 Å². The lowest BCUT2D eigenvalue weighted by molar-refractivity contribution is -0.122. The second kappa shape index (κ2) is 4.57. The van der Waals surface area contributed by atoms with Gasteiger partial charge in [0, 0.05) is 12.0 Å². The Morgan fingerprint density at radius 2 is 2.27 bits per heavy atom. The number of carbonyl (C=O) groups is 1. The smallest absolute Gasteiger partial charge is 0.220 e. The third-order valence-corrected chi connectivity index (χ3v) is 2.03. The Morgan fingerprint density at radius 3 is 2.64 bits per heavy atom. The van der Waals surface area contributed by atoms with Crippen LogP contribution >= 0.6 is 12.4 Å².